The highest BCUT2D eigenvalue weighted by atomic mass is 19.2. The van der Waals surface area contributed by atoms with Crippen molar-refractivity contribution >= 4 is 17.4 Å². The first-order valence-electron chi connectivity index (χ1n) is 8.59. The maximum Gasteiger partial charge on any atom is 0.231 e. The number of amides is 1. The van der Waals surface area contributed by atoms with Crippen molar-refractivity contribution in [3.8, 4) is 11.3 Å². The predicted octanol–water partition coefficient (Wildman–Crippen LogP) is 3.64. The van der Waals surface area contributed by atoms with E-state index >= 15 is 0 Å². The molecule has 5 nitrogen and oxygen atoms in total. The van der Waals surface area contributed by atoms with Gasteiger partial charge in [-0.3, -0.25) is 4.79 Å². The Labute approximate surface area is 158 Å². The summed E-state index contributed by atoms with van der Waals surface area (Å²) in [4.78, 5) is 22.6. The Hall–Kier alpha value is -3.42. The fourth-order valence-corrected chi connectivity index (χ4v) is 2.98. The number of aromatic nitrogens is 2. The molecule has 1 fully saturated rings. The van der Waals surface area contributed by atoms with Gasteiger partial charge in [0.15, 0.2) is 17.5 Å². The predicted molar refractivity (Wildman–Crippen MR) is 98.1 cm³/mol. The fraction of sp³-hybridized carbons (Fsp3) is 0.150. The van der Waals surface area contributed by atoms with Gasteiger partial charge < -0.3 is 10.2 Å². The molecule has 0 aliphatic carbocycles. The van der Waals surface area contributed by atoms with Gasteiger partial charge in [0, 0.05) is 24.7 Å². The third kappa shape index (κ3) is 3.40. The third-order valence-corrected chi connectivity index (χ3v) is 4.59. The summed E-state index contributed by atoms with van der Waals surface area (Å²) in [6.07, 6.45) is 1.46. The number of hydrogen-bond acceptors (Lipinski definition) is 4. The van der Waals surface area contributed by atoms with Gasteiger partial charge in [0.05, 0.1) is 17.3 Å². The highest BCUT2D eigenvalue weighted by Crippen LogP contribution is 2.27. The van der Waals surface area contributed by atoms with Crippen molar-refractivity contribution in [2.24, 2.45) is 5.92 Å². The van der Waals surface area contributed by atoms with Crippen LogP contribution in [0, 0.1) is 23.4 Å². The zero-order valence-electron chi connectivity index (χ0n) is 14.6. The molecule has 0 unspecified atom stereocenters. The molecule has 4 rings (SSSR count). The minimum absolute atomic E-state index is 0.377. The Balaban J connectivity index is 1.41. The molecule has 0 atom stereocenters. The zero-order chi connectivity index (χ0) is 19.7. The molecule has 1 aromatic heterocycles. The Bertz CT molecular complexity index is 1020. The first kappa shape index (κ1) is 18.0. The second-order valence-electron chi connectivity index (χ2n) is 6.44. The number of carbonyl (C=O) groups is 1. The van der Waals surface area contributed by atoms with E-state index in [0.717, 1.165) is 23.4 Å². The topological polar surface area (TPSA) is 58.1 Å². The minimum atomic E-state index is -1.61. The van der Waals surface area contributed by atoms with Crippen LogP contribution in [0.15, 0.2) is 54.9 Å². The lowest BCUT2D eigenvalue weighted by Gasteiger charge is -2.39. The highest BCUT2D eigenvalue weighted by molar-refractivity contribution is 5.94. The summed E-state index contributed by atoms with van der Waals surface area (Å²) in [6.45, 7) is 0.755. The lowest BCUT2D eigenvalue weighted by molar-refractivity contribution is -0.120. The SMILES string of the molecule is O=C(Nc1ccc(F)c(F)c1F)C1CN(c2cc(-c3ccccc3)ncn2)C1. The molecule has 0 spiro atoms. The van der Waals surface area contributed by atoms with Crippen molar-refractivity contribution in [2.45, 2.75) is 0 Å². The molecule has 1 aliphatic rings. The van der Waals surface area contributed by atoms with Crippen LogP contribution in [0.4, 0.5) is 24.7 Å². The number of carbonyl (C=O) groups excluding carboxylic acids is 1. The lowest BCUT2D eigenvalue weighted by atomic mass is 9.98. The molecule has 1 amide bonds. The molecule has 1 N–H and O–H groups in total. The van der Waals surface area contributed by atoms with Gasteiger partial charge in [0.2, 0.25) is 5.91 Å². The maximum absolute atomic E-state index is 13.7. The normalized spacial score (nSPS) is 13.9. The van der Waals surface area contributed by atoms with E-state index in [4.69, 9.17) is 0 Å². The molecule has 0 saturated carbocycles. The second kappa shape index (κ2) is 7.30. The molecular weight excluding hydrogens is 369 g/mol. The quantitative estimate of drug-likeness (QED) is 0.698. The Morgan fingerprint density at radius 3 is 2.50 bits per heavy atom. The van der Waals surface area contributed by atoms with Crippen molar-refractivity contribution in [1.82, 2.24) is 9.97 Å². The molecule has 2 aromatic carbocycles. The average molecular weight is 384 g/mol. The molecule has 2 heterocycles. The van der Waals surface area contributed by atoms with Gasteiger partial charge in [0.1, 0.15) is 12.1 Å². The van der Waals surface area contributed by atoms with Crippen molar-refractivity contribution in [1.29, 1.82) is 0 Å². The van der Waals surface area contributed by atoms with E-state index in [0.29, 0.717) is 18.9 Å². The van der Waals surface area contributed by atoms with Gasteiger partial charge in [-0.1, -0.05) is 30.3 Å². The maximum atomic E-state index is 13.7. The zero-order valence-corrected chi connectivity index (χ0v) is 14.6. The van der Waals surface area contributed by atoms with Crippen LogP contribution < -0.4 is 10.2 Å². The van der Waals surface area contributed by atoms with Gasteiger partial charge >= 0.3 is 0 Å². The number of nitrogens with one attached hydrogen (secondary N) is 1. The molecule has 3 aromatic rings. The molecule has 1 aliphatic heterocycles. The van der Waals surface area contributed by atoms with Gasteiger partial charge in [-0.2, -0.15) is 0 Å². The molecule has 142 valence electrons. The average Bonchev–Trinajstić information content (AvgIpc) is 2.68. The summed E-state index contributed by atoms with van der Waals surface area (Å²) in [5.74, 6) is -4.52. The smallest absolute Gasteiger partial charge is 0.231 e. The molecular formula is C20H15F3N4O. The number of anilines is 2. The summed E-state index contributed by atoms with van der Waals surface area (Å²) in [7, 11) is 0. The number of hydrogen-bond donors (Lipinski definition) is 1. The second-order valence-corrected chi connectivity index (χ2v) is 6.44. The van der Waals surface area contributed by atoms with E-state index in [9.17, 15) is 18.0 Å². The largest absolute Gasteiger partial charge is 0.355 e. The van der Waals surface area contributed by atoms with Crippen LogP contribution in [0.1, 0.15) is 0 Å². The summed E-state index contributed by atoms with van der Waals surface area (Å²) < 4.78 is 40.0. The van der Waals surface area contributed by atoms with Gasteiger partial charge in [0.25, 0.3) is 0 Å². The van der Waals surface area contributed by atoms with Crippen molar-refractivity contribution < 1.29 is 18.0 Å². The first-order chi connectivity index (χ1) is 13.5. The highest BCUT2D eigenvalue weighted by Gasteiger charge is 2.34. The van der Waals surface area contributed by atoms with E-state index in [1.54, 1.807) is 0 Å². The van der Waals surface area contributed by atoms with Crippen molar-refractivity contribution in [2.75, 3.05) is 23.3 Å². The van der Waals surface area contributed by atoms with Crippen LogP contribution in [0.25, 0.3) is 11.3 Å². The summed E-state index contributed by atoms with van der Waals surface area (Å²) in [5, 5.41) is 2.31. The number of benzene rings is 2. The fourth-order valence-electron chi connectivity index (χ4n) is 2.98. The van der Waals surface area contributed by atoms with Crippen LogP contribution in [-0.2, 0) is 4.79 Å². The monoisotopic (exact) mass is 384 g/mol. The number of nitrogens with zero attached hydrogens (tertiary/aromatic N) is 3. The Morgan fingerprint density at radius 2 is 1.75 bits per heavy atom. The number of halogens is 3. The lowest BCUT2D eigenvalue weighted by Crippen LogP contribution is -2.52. The Kier molecular flexibility index (Phi) is 4.68. The number of rotatable bonds is 4. The van der Waals surface area contributed by atoms with Crippen LogP contribution in [0.2, 0.25) is 0 Å². The van der Waals surface area contributed by atoms with E-state index in [-0.39, 0.29) is 5.69 Å². The summed E-state index contributed by atoms with van der Waals surface area (Å²) in [6, 6.07) is 13.2. The first-order valence-corrected chi connectivity index (χ1v) is 8.59. The van der Waals surface area contributed by atoms with E-state index in [2.05, 4.69) is 15.3 Å². The van der Waals surface area contributed by atoms with Gasteiger partial charge in [-0.05, 0) is 12.1 Å². The van der Waals surface area contributed by atoms with Crippen molar-refractivity contribution in [3.63, 3.8) is 0 Å². The molecule has 0 bridgehead atoms. The summed E-state index contributed by atoms with van der Waals surface area (Å²) >= 11 is 0. The molecule has 1 saturated heterocycles. The van der Waals surface area contributed by atoms with Crippen LogP contribution in [0.3, 0.4) is 0 Å². The molecule has 8 heteroatoms. The van der Waals surface area contributed by atoms with Crippen LogP contribution in [-0.4, -0.2) is 29.0 Å². The van der Waals surface area contributed by atoms with Crippen LogP contribution >= 0.6 is 0 Å². The van der Waals surface area contributed by atoms with Crippen molar-refractivity contribution in [3.05, 3.63) is 72.3 Å². The van der Waals surface area contributed by atoms with Gasteiger partial charge in [-0.25, -0.2) is 23.1 Å². The minimum Gasteiger partial charge on any atom is -0.355 e. The van der Waals surface area contributed by atoms with E-state index < -0.39 is 29.3 Å². The molecule has 0 radical (unpaired) electrons. The molecule has 28 heavy (non-hydrogen) atoms. The third-order valence-electron chi connectivity index (χ3n) is 4.59. The van der Waals surface area contributed by atoms with Gasteiger partial charge in [-0.15, -0.1) is 0 Å². The Morgan fingerprint density at radius 1 is 1.00 bits per heavy atom. The van der Waals surface area contributed by atoms with E-state index in [1.165, 1.54) is 6.33 Å². The summed E-state index contributed by atoms with van der Waals surface area (Å²) in [5.41, 5.74) is 1.34. The van der Waals surface area contributed by atoms with Crippen LogP contribution in [0.5, 0.6) is 0 Å². The standard InChI is InChI=1S/C20H15F3N4O/c21-14-6-7-15(19(23)18(14)22)26-20(28)13-9-27(10-13)17-8-16(24-11-25-17)12-4-2-1-3-5-12/h1-8,11,13H,9-10H2,(H,26,28). The van der Waals surface area contributed by atoms with E-state index in [1.807, 2.05) is 41.3 Å².